The Balaban J connectivity index is 1.49. The Hall–Kier alpha value is -3.35. The Labute approximate surface area is 189 Å². The van der Waals surface area contributed by atoms with Crippen LogP contribution in [0.5, 0.6) is 5.75 Å². The Kier molecular flexibility index (Phi) is 7.87. The average Bonchev–Trinajstić information content (AvgIpc) is 3.18. The minimum atomic E-state index is -0.340. The molecule has 1 aliphatic rings. The normalized spacial score (nSPS) is 15.7. The number of anilines is 2. The Morgan fingerprint density at radius 1 is 1.09 bits per heavy atom. The molecule has 7 nitrogen and oxygen atoms in total. The van der Waals surface area contributed by atoms with Crippen molar-refractivity contribution in [1.82, 2.24) is 5.32 Å². The van der Waals surface area contributed by atoms with E-state index in [2.05, 4.69) is 17.6 Å². The average molecular weight is 438 g/mol. The maximum Gasteiger partial charge on any atom is 0.262 e. The number of carbonyl (C=O) groups is 3. The first kappa shape index (κ1) is 23.3. The molecule has 3 rings (SSSR count). The maximum atomic E-state index is 12.4. The third kappa shape index (κ3) is 6.33. The Morgan fingerprint density at radius 3 is 2.41 bits per heavy atom. The van der Waals surface area contributed by atoms with Crippen LogP contribution in [0, 0.1) is 11.8 Å². The van der Waals surface area contributed by atoms with Crippen LogP contribution in [0.15, 0.2) is 48.5 Å². The molecule has 7 heteroatoms. The molecule has 1 saturated heterocycles. The van der Waals surface area contributed by atoms with Gasteiger partial charge in [-0.05, 0) is 54.3 Å². The highest BCUT2D eigenvalue weighted by Crippen LogP contribution is 2.27. The van der Waals surface area contributed by atoms with Crippen molar-refractivity contribution in [1.29, 1.82) is 0 Å². The lowest BCUT2D eigenvalue weighted by Gasteiger charge is -2.17. The fourth-order valence-electron chi connectivity index (χ4n) is 3.47. The monoisotopic (exact) mass is 437 g/mol. The van der Waals surface area contributed by atoms with E-state index in [-0.39, 0.29) is 36.7 Å². The van der Waals surface area contributed by atoms with Gasteiger partial charge in [0.25, 0.3) is 5.91 Å². The quantitative estimate of drug-likeness (QED) is 0.630. The zero-order valence-corrected chi connectivity index (χ0v) is 18.9. The summed E-state index contributed by atoms with van der Waals surface area (Å²) >= 11 is 0. The number of amides is 3. The summed E-state index contributed by atoms with van der Waals surface area (Å²) in [6.45, 7) is 6.99. The van der Waals surface area contributed by atoms with Crippen molar-refractivity contribution >= 4 is 29.1 Å². The fraction of sp³-hybridized carbons (Fsp3) is 0.400. The lowest BCUT2D eigenvalue weighted by molar-refractivity contribution is -0.126. The minimum Gasteiger partial charge on any atom is -0.484 e. The third-order valence-corrected chi connectivity index (χ3v) is 5.34. The van der Waals surface area contributed by atoms with E-state index < -0.39 is 0 Å². The number of benzene rings is 2. The molecule has 32 heavy (non-hydrogen) atoms. The molecule has 170 valence electrons. The minimum absolute atomic E-state index is 0.0724. The predicted molar refractivity (Wildman–Crippen MR) is 125 cm³/mol. The van der Waals surface area contributed by atoms with Gasteiger partial charge in [0.2, 0.25) is 11.8 Å². The molecular formula is C25H31N3O4. The summed E-state index contributed by atoms with van der Waals surface area (Å²) in [5.41, 5.74) is 2.64. The van der Waals surface area contributed by atoms with Crippen molar-refractivity contribution in [2.24, 2.45) is 11.8 Å². The van der Waals surface area contributed by atoms with Gasteiger partial charge in [0.15, 0.2) is 6.61 Å². The van der Waals surface area contributed by atoms with E-state index >= 15 is 0 Å². The zero-order chi connectivity index (χ0) is 23.1. The van der Waals surface area contributed by atoms with Gasteiger partial charge in [0.1, 0.15) is 5.75 Å². The van der Waals surface area contributed by atoms with Crippen LogP contribution in [-0.4, -0.2) is 37.4 Å². The fourth-order valence-corrected chi connectivity index (χ4v) is 3.47. The number of nitrogens with one attached hydrogen (secondary N) is 2. The molecule has 0 unspecified atom stereocenters. The molecule has 0 bridgehead atoms. The highest BCUT2D eigenvalue weighted by Gasteiger charge is 2.35. The van der Waals surface area contributed by atoms with Crippen molar-refractivity contribution in [3.8, 4) is 5.75 Å². The molecular weight excluding hydrogens is 406 g/mol. The number of rotatable bonds is 9. The van der Waals surface area contributed by atoms with Gasteiger partial charge in [-0.25, -0.2) is 0 Å². The van der Waals surface area contributed by atoms with Gasteiger partial charge >= 0.3 is 0 Å². The molecule has 0 saturated carbocycles. The van der Waals surface area contributed by atoms with Gasteiger partial charge in [0, 0.05) is 30.9 Å². The van der Waals surface area contributed by atoms with Gasteiger partial charge in [-0.15, -0.1) is 0 Å². The Morgan fingerprint density at radius 2 is 1.78 bits per heavy atom. The van der Waals surface area contributed by atoms with E-state index in [9.17, 15) is 14.4 Å². The van der Waals surface area contributed by atoms with Gasteiger partial charge in [0.05, 0.1) is 5.92 Å². The molecule has 0 spiro atoms. The van der Waals surface area contributed by atoms with Crippen LogP contribution < -0.4 is 20.3 Å². The zero-order valence-electron chi connectivity index (χ0n) is 18.9. The van der Waals surface area contributed by atoms with Crippen LogP contribution in [0.2, 0.25) is 0 Å². The van der Waals surface area contributed by atoms with Gasteiger partial charge in [-0.1, -0.05) is 32.9 Å². The second kappa shape index (κ2) is 10.8. The maximum absolute atomic E-state index is 12.4. The molecule has 1 aliphatic heterocycles. The van der Waals surface area contributed by atoms with E-state index in [1.807, 2.05) is 38.1 Å². The summed E-state index contributed by atoms with van der Waals surface area (Å²) in [7, 11) is 0. The largest absolute Gasteiger partial charge is 0.484 e. The molecule has 1 atom stereocenters. The first-order valence-corrected chi connectivity index (χ1v) is 11.1. The van der Waals surface area contributed by atoms with Gasteiger partial charge in [-0.3, -0.25) is 14.4 Å². The van der Waals surface area contributed by atoms with Crippen LogP contribution in [0.4, 0.5) is 11.4 Å². The number of hydrogen-bond donors (Lipinski definition) is 2. The van der Waals surface area contributed by atoms with Crippen molar-refractivity contribution in [3.05, 3.63) is 54.1 Å². The number of hydrogen-bond acceptors (Lipinski definition) is 4. The van der Waals surface area contributed by atoms with Crippen molar-refractivity contribution in [2.45, 2.75) is 33.6 Å². The van der Waals surface area contributed by atoms with E-state index in [1.165, 1.54) is 5.56 Å². The number of aryl methyl sites for hydroxylation is 1. The second-order valence-electron chi connectivity index (χ2n) is 8.43. The van der Waals surface area contributed by atoms with Crippen LogP contribution in [0.3, 0.4) is 0 Å². The van der Waals surface area contributed by atoms with Crippen LogP contribution in [0.1, 0.15) is 32.8 Å². The summed E-state index contributed by atoms with van der Waals surface area (Å²) in [4.78, 5) is 38.4. The van der Waals surface area contributed by atoms with Crippen molar-refractivity contribution in [2.75, 3.05) is 29.9 Å². The molecule has 2 aromatic rings. The molecule has 0 aromatic heterocycles. The van der Waals surface area contributed by atoms with E-state index in [0.717, 1.165) is 12.1 Å². The first-order chi connectivity index (χ1) is 15.4. The van der Waals surface area contributed by atoms with E-state index in [0.29, 0.717) is 30.4 Å². The van der Waals surface area contributed by atoms with Crippen molar-refractivity contribution < 1.29 is 19.1 Å². The molecule has 1 fully saturated rings. The highest BCUT2D eigenvalue weighted by atomic mass is 16.5. The van der Waals surface area contributed by atoms with Crippen LogP contribution in [-0.2, 0) is 20.8 Å². The summed E-state index contributed by atoms with van der Waals surface area (Å²) in [5.74, 6) is 0.156. The molecule has 3 amide bonds. The smallest absolute Gasteiger partial charge is 0.262 e. The predicted octanol–water partition coefficient (Wildman–Crippen LogP) is 3.39. The third-order valence-electron chi connectivity index (χ3n) is 5.34. The lowest BCUT2D eigenvalue weighted by Crippen LogP contribution is -2.35. The highest BCUT2D eigenvalue weighted by molar-refractivity contribution is 6.00. The van der Waals surface area contributed by atoms with Gasteiger partial charge < -0.3 is 20.3 Å². The van der Waals surface area contributed by atoms with Crippen molar-refractivity contribution in [3.63, 3.8) is 0 Å². The standard InChI is InChI=1S/C25H31N3O4/c1-4-18-5-7-20(8-6-18)27-23(29)16-32-22-11-9-21(10-12-22)28-15-19(13-24(28)30)25(31)26-14-17(2)3/h5-12,17,19H,4,13-16H2,1-3H3,(H,26,31)(H,27,29)/t19-/m0/s1. The molecule has 2 N–H and O–H groups in total. The first-order valence-electron chi connectivity index (χ1n) is 11.1. The second-order valence-corrected chi connectivity index (χ2v) is 8.43. The summed E-state index contributed by atoms with van der Waals surface area (Å²) in [5, 5.41) is 5.70. The lowest BCUT2D eigenvalue weighted by atomic mass is 10.1. The van der Waals surface area contributed by atoms with Gasteiger partial charge in [-0.2, -0.15) is 0 Å². The molecule has 0 radical (unpaired) electrons. The SMILES string of the molecule is CCc1ccc(NC(=O)COc2ccc(N3C[C@@H](C(=O)NCC(C)C)CC3=O)cc2)cc1. The molecule has 0 aliphatic carbocycles. The van der Waals surface area contributed by atoms with E-state index in [1.54, 1.807) is 29.2 Å². The summed E-state index contributed by atoms with van der Waals surface area (Å²) in [6, 6.07) is 14.7. The molecule has 1 heterocycles. The topological polar surface area (TPSA) is 87.7 Å². The summed E-state index contributed by atoms with van der Waals surface area (Å²) < 4.78 is 5.56. The van der Waals surface area contributed by atoms with E-state index in [4.69, 9.17) is 4.74 Å². The Bertz CT molecular complexity index is 939. The van der Waals surface area contributed by atoms with Crippen LogP contribution in [0.25, 0.3) is 0 Å². The summed E-state index contributed by atoms with van der Waals surface area (Å²) in [6.07, 6.45) is 1.16. The number of ether oxygens (including phenoxy) is 1. The number of carbonyl (C=O) groups excluding carboxylic acids is 3. The number of nitrogens with zero attached hydrogens (tertiary/aromatic N) is 1. The van der Waals surface area contributed by atoms with Crippen LogP contribution >= 0.6 is 0 Å². The molecule has 2 aromatic carbocycles.